The number of imidazole rings is 1. The minimum atomic E-state index is -4.59. The molecule has 1 saturated heterocycles. The van der Waals surface area contributed by atoms with E-state index in [9.17, 15) is 23.4 Å². The number of nitrogens with one attached hydrogen (secondary N) is 1. The molecule has 34 heavy (non-hydrogen) atoms. The lowest BCUT2D eigenvalue weighted by Crippen LogP contribution is -2.45. The van der Waals surface area contributed by atoms with Gasteiger partial charge in [0.25, 0.3) is 5.91 Å². The predicted molar refractivity (Wildman–Crippen MR) is 117 cm³/mol. The molecule has 3 rings (SSSR count). The SMILES string of the molecule is NC(N)=NCCC[C@H](N)C(=O)NS(=O)(=O)OC[C@H]1O[C@@H](n2cnc3c(N)ncnc32)[C@H](O)[C@@H]1O. The van der Waals surface area contributed by atoms with Gasteiger partial charge in [0, 0.05) is 6.54 Å². The number of carbonyl (C=O) groups excluding carboxylic acids is 1. The molecule has 17 nitrogen and oxygen atoms in total. The number of aliphatic hydroxyl groups is 2. The van der Waals surface area contributed by atoms with Crippen LogP contribution in [0.1, 0.15) is 19.1 Å². The minimum absolute atomic E-state index is 0.105. The molecule has 0 spiro atoms. The van der Waals surface area contributed by atoms with E-state index in [-0.39, 0.29) is 35.9 Å². The van der Waals surface area contributed by atoms with Crippen LogP contribution in [0.5, 0.6) is 0 Å². The topological polar surface area (TPSA) is 282 Å². The van der Waals surface area contributed by atoms with Crippen LogP contribution in [0, 0.1) is 0 Å². The molecule has 1 aliphatic heterocycles. The van der Waals surface area contributed by atoms with Crippen molar-refractivity contribution in [2.45, 2.75) is 43.4 Å². The molecule has 0 aromatic carbocycles. The van der Waals surface area contributed by atoms with Crippen molar-refractivity contribution in [1.82, 2.24) is 24.2 Å². The van der Waals surface area contributed by atoms with Gasteiger partial charge in [0.2, 0.25) is 0 Å². The van der Waals surface area contributed by atoms with E-state index in [4.69, 9.17) is 31.9 Å². The van der Waals surface area contributed by atoms with Gasteiger partial charge in [-0.2, -0.15) is 8.42 Å². The number of aliphatic hydroxyl groups excluding tert-OH is 2. The maximum atomic E-state index is 12.1. The molecule has 1 amide bonds. The van der Waals surface area contributed by atoms with E-state index in [1.54, 1.807) is 4.72 Å². The van der Waals surface area contributed by atoms with Crippen molar-refractivity contribution < 1.29 is 32.3 Å². The van der Waals surface area contributed by atoms with E-state index in [2.05, 4.69) is 19.9 Å². The molecule has 2 aromatic rings. The summed E-state index contributed by atoms with van der Waals surface area (Å²) in [5.41, 5.74) is 22.3. The number of hydrogen-bond donors (Lipinski definition) is 7. The van der Waals surface area contributed by atoms with Crippen LogP contribution >= 0.6 is 0 Å². The van der Waals surface area contributed by atoms with Gasteiger partial charge < -0.3 is 37.9 Å². The monoisotopic (exact) mass is 502 g/mol. The van der Waals surface area contributed by atoms with Crippen molar-refractivity contribution in [3.63, 3.8) is 0 Å². The lowest BCUT2D eigenvalue weighted by atomic mass is 10.1. The first-order valence-corrected chi connectivity index (χ1v) is 11.4. The molecule has 3 heterocycles. The van der Waals surface area contributed by atoms with Crippen LogP contribution in [-0.4, -0.2) is 87.5 Å². The highest BCUT2D eigenvalue weighted by molar-refractivity contribution is 7.85. The molecule has 18 heteroatoms. The lowest BCUT2D eigenvalue weighted by Gasteiger charge is -2.16. The number of hydrogen-bond acceptors (Lipinski definition) is 13. The van der Waals surface area contributed by atoms with E-state index < -0.39 is 53.4 Å². The van der Waals surface area contributed by atoms with Crippen molar-refractivity contribution in [1.29, 1.82) is 0 Å². The molecular formula is C16H26N10O7S. The van der Waals surface area contributed by atoms with Gasteiger partial charge in [0.1, 0.15) is 30.2 Å². The number of nitrogens with zero attached hydrogens (tertiary/aromatic N) is 5. The number of fused-ring (bicyclic) bond motifs is 1. The number of anilines is 1. The zero-order valence-corrected chi connectivity index (χ0v) is 18.6. The number of nitrogen functional groups attached to an aromatic ring is 1. The number of carbonyl (C=O) groups is 1. The third-order valence-corrected chi connectivity index (χ3v) is 5.81. The summed E-state index contributed by atoms with van der Waals surface area (Å²) in [5, 5.41) is 20.7. The highest BCUT2D eigenvalue weighted by Crippen LogP contribution is 2.32. The van der Waals surface area contributed by atoms with Gasteiger partial charge in [0.15, 0.2) is 23.7 Å². The third kappa shape index (κ3) is 5.85. The standard InChI is InChI=1S/C16H26N10O7S/c17-7(2-1-3-21-16(19)20)14(29)25-34(30,31)32-4-8-10(27)11(28)15(33-8)26-6-24-9-12(18)22-5-23-13(9)26/h5-8,10-11,15,27-28H,1-4,17H2,(H,25,29)(H2,18,22,23)(H4,19,20,21)/t7-,8+,10+,11+,15+/m0/s1. The second-order valence-corrected chi connectivity index (χ2v) is 8.74. The van der Waals surface area contributed by atoms with Gasteiger partial charge in [-0.1, -0.05) is 0 Å². The van der Waals surface area contributed by atoms with Crippen molar-refractivity contribution in [3.05, 3.63) is 12.7 Å². The molecule has 0 radical (unpaired) electrons. The van der Waals surface area contributed by atoms with Crippen molar-refractivity contribution >= 4 is 39.2 Å². The number of guanidine groups is 1. The van der Waals surface area contributed by atoms with Gasteiger partial charge in [0.05, 0.1) is 19.0 Å². The number of rotatable bonds is 10. The van der Waals surface area contributed by atoms with Crippen molar-refractivity contribution in [3.8, 4) is 0 Å². The Kier molecular flexibility index (Phi) is 7.79. The molecule has 2 aromatic heterocycles. The van der Waals surface area contributed by atoms with Crippen LogP contribution in [0.25, 0.3) is 11.2 Å². The van der Waals surface area contributed by atoms with E-state index >= 15 is 0 Å². The molecule has 1 aliphatic rings. The summed E-state index contributed by atoms with van der Waals surface area (Å²) in [6, 6.07) is -1.16. The Balaban J connectivity index is 1.56. The Morgan fingerprint density at radius 3 is 2.74 bits per heavy atom. The molecule has 0 saturated carbocycles. The Labute approximate surface area is 193 Å². The maximum absolute atomic E-state index is 12.1. The smallest absolute Gasteiger partial charge is 0.362 e. The number of aromatic nitrogens is 4. The first-order chi connectivity index (χ1) is 16.0. The predicted octanol–water partition coefficient (Wildman–Crippen LogP) is -4.21. The Bertz CT molecular complexity index is 1150. The summed E-state index contributed by atoms with van der Waals surface area (Å²) in [6.07, 6.45) is -2.50. The largest absolute Gasteiger partial charge is 0.387 e. The third-order valence-electron chi connectivity index (χ3n) is 4.92. The quantitative estimate of drug-likeness (QED) is 0.0921. The van der Waals surface area contributed by atoms with Crippen LogP contribution in [0.3, 0.4) is 0 Å². The highest BCUT2D eigenvalue weighted by atomic mass is 32.2. The summed E-state index contributed by atoms with van der Waals surface area (Å²) in [7, 11) is -4.59. The molecule has 0 aliphatic carbocycles. The Morgan fingerprint density at radius 1 is 1.29 bits per heavy atom. The first-order valence-electron chi connectivity index (χ1n) is 9.96. The average Bonchev–Trinajstić information content (AvgIpc) is 3.31. The summed E-state index contributed by atoms with van der Waals surface area (Å²) >= 11 is 0. The van der Waals surface area contributed by atoms with Gasteiger partial charge in [-0.05, 0) is 12.8 Å². The number of nitrogens with two attached hydrogens (primary N) is 4. The zero-order chi connectivity index (χ0) is 25.0. The molecule has 1 fully saturated rings. The van der Waals surface area contributed by atoms with Crippen LogP contribution in [0.4, 0.5) is 5.82 Å². The lowest BCUT2D eigenvalue weighted by molar-refractivity contribution is -0.120. The van der Waals surface area contributed by atoms with Crippen LogP contribution < -0.4 is 27.7 Å². The highest BCUT2D eigenvalue weighted by Gasteiger charge is 2.45. The summed E-state index contributed by atoms with van der Waals surface area (Å²) in [6.45, 7) is -0.487. The van der Waals surface area contributed by atoms with Crippen molar-refractivity contribution in [2.24, 2.45) is 22.2 Å². The second-order valence-electron chi connectivity index (χ2n) is 7.39. The zero-order valence-electron chi connectivity index (χ0n) is 17.8. The minimum Gasteiger partial charge on any atom is -0.387 e. The van der Waals surface area contributed by atoms with Gasteiger partial charge >= 0.3 is 10.3 Å². The maximum Gasteiger partial charge on any atom is 0.362 e. The molecule has 5 atom stereocenters. The van der Waals surface area contributed by atoms with E-state index in [1.807, 2.05) is 0 Å². The fraction of sp³-hybridized carbons (Fsp3) is 0.562. The van der Waals surface area contributed by atoms with Crippen LogP contribution in [0.15, 0.2) is 17.6 Å². The van der Waals surface area contributed by atoms with Crippen LogP contribution in [0.2, 0.25) is 0 Å². The molecule has 0 bridgehead atoms. The van der Waals surface area contributed by atoms with Crippen molar-refractivity contribution in [2.75, 3.05) is 18.9 Å². The fourth-order valence-corrected chi connectivity index (χ4v) is 3.96. The second kappa shape index (κ2) is 10.4. The summed E-state index contributed by atoms with van der Waals surface area (Å²) < 4.78 is 37.6. The first kappa shape index (κ1) is 25.5. The summed E-state index contributed by atoms with van der Waals surface area (Å²) in [5.74, 6) is -1.01. The molecular weight excluding hydrogens is 476 g/mol. The summed E-state index contributed by atoms with van der Waals surface area (Å²) in [4.78, 5) is 27.6. The molecule has 188 valence electrons. The normalized spacial score (nSPS) is 23.6. The Hall–Kier alpha value is -3.16. The van der Waals surface area contributed by atoms with Gasteiger partial charge in [-0.15, -0.1) is 0 Å². The Morgan fingerprint density at radius 2 is 2.03 bits per heavy atom. The van der Waals surface area contributed by atoms with Crippen LogP contribution in [-0.2, 0) is 24.0 Å². The average molecular weight is 503 g/mol. The van der Waals surface area contributed by atoms with Gasteiger partial charge in [-0.25, -0.2) is 19.7 Å². The number of amides is 1. The van der Waals surface area contributed by atoms with Gasteiger partial charge in [-0.3, -0.25) is 18.5 Å². The van der Waals surface area contributed by atoms with E-state index in [0.29, 0.717) is 6.42 Å². The number of ether oxygens (including phenoxy) is 1. The number of aliphatic imine (C=N–C) groups is 1. The van der Waals surface area contributed by atoms with E-state index in [0.717, 1.165) is 0 Å². The fourth-order valence-electron chi connectivity index (χ4n) is 3.19. The van der Waals surface area contributed by atoms with E-state index in [1.165, 1.54) is 17.2 Å². The molecule has 11 N–H and O–H groups in total. The molecule has 0 unspecified atom stereocenters.